The molecular formula is C22H23NO4S. The summed E-state index contributed by atoms with van der Waals surface area (Å²) in [5, 5.41) is 3.30. The van der Waals surface area contributed by atoms with Gasteiger partial charge in [0.1, 0.15) is 10.8 Å². The topological polar surface area (TPSA) is 72.5 Å². The zero-order valence-electron chi connectivity index (χ0n) is 15.9. The fraction of sp³-hybridized carbons (Fsp3) is 0.364. The zero-order valence-corrected chi connectivity index (χ0v) is 16.7. The van der Waals surface area contributed by atoms with Crippen LogP contribution in [0.3, 0.4) is 0 Å². The van der Waals surface area contributed by atoms with E-state index >= 15 is 0 Å². The normalized spacial score (nSPS) is 30.1. The summed E-state index contributed by atoms with van der Waals surface area (Å²) in [6.07, 6.45) is 0.841. The maximum Gasteiger partial charge on any atom is 0.323 e. The third-order valence-corrected chi connectivity index (χ3v) is 8.06. The fourth-order valence-corrected chi connectivity index (χ4v) is 6.69. The molecule has 6 heteroatoms. The highest BCUT2D eigenvalue weighted by atomic mass is 32.2. The SMILES string of the molecule is COC(=O)[C@@H]1N[C@H](c2ccccc2)[C@]2(S(=O)c3ccc(C)cc3)C(=O)CC[C@H]12. The minimum Gasteiger partial charge on any atom is -0.468 e. The molecule has 2 aromatic rings. The number of ether oxygens (including phenoxy) is 1. The summed E-state index contributed by atoms with van der Waals surface area (Å²) in [5.74, 6) is -0.840. The molecule has 1 saturated carbocycles. The van der Waals surface area contributed by atoms with Crippen molar-refractivity contribution in [3.8, 4) is 0 Å². The molecule has 1 aliphatic heterocycles. The predicted octanol–water partition coefficient (Wildman–Crippen LogP) is 2.71. The van der Waals surface area contributed by atoms with Gasteiger partial charge in [-0.15, -0.1) is 0 Å². The molecule has 0 bridgehead atoms. The van der Waals surface area contributed by atoms with Crippen LogP contribution in [0, 0.1) is 12.8 Å². The van der Waals surface area contributed by atoms with E-state index in [9.17, 15) is 13.8 Å². The van der Waals surface area contributed by atoms with Crippen molar-refractivity contribution in [2.75, 3.05) is 7.11 Å². The first kappa shape index (κ1) is 19.0. The van der Waals surface area contributed by atoms with Crippen LogP contribution in [0.5, 0.6) is 0 Å². The van der Waals surface area contributed by atoms with E-state index < -0.39 is 33.6 Å². The number of aryl methyl sites for hydroxylation is 1. The van der Waals surface area contributed by atoms with E-state index in [4.69, 9.17) is 4.74 Å². The second kappa shape index (κ2) is 7.26. The van der Waals surface area contributed by atoms with Gasteiger partial charge in [0.15, 0.2) is 5.78 Å². The number of hydrogen-bond acceptors (Lipinski definition) is 5. The van der Waals surface area contributed by atoms with Gasteiger partial charge in [0.25, 0.3) is 0 Å². The molecule has 2 fully saturated rings. The molecule has 5 atom stereocenters. The molecule has 0 amide bonds. The lowest BCUT2D eigenvalue weighted by Gasteiger charge is -2.33. The van der Waals surface area contributed by atoms with Crippen molar-refractivity contribution in [3.05, 3.63) is 65.7 Å². The van der Waals surface area contributed by atoms with Crippen molar-refractivity contribution in [3.63, 3.8) is 0 Å². The van der Waals surface area contributed by atoms with Gasteiger partial charge < -0.3 is 4.74 Å². The van der Waals surface area contributed by atoms with E-state index in [0.717, 1.165) is 11.1 Å². The lowest BCUT2D eigenvalue weighted by molar-refractivity contribution is -0.143. The number of hydrogen-bond donors (Lipinski definition) is 1. The van der Waals surface area contributed by atoms with E-state index in [-0.39, 0.29) is 11.7 Å². The van der Waals surface area contributed by atoms with Crippen molar-refractivity contribution in [1.29, 1.82) is 0 Å². The lowest BCUT2D eigenvalue weighted by atomic mass is 9.85. The molecule has 2 aliphatic rings. The van der Waals surface area contributed by atoms with Crippen LogP contribution in [0.15, 0.2) is 59.5 Å². The van der Waals surface area contributed by atoms with Crippen molar-refractivity contribution in [2.45, 2.75) is 41.5 Å². The first-order chi connectivity index (χ1) is 13.5. The molecule has 1 unspecified atom stereocenters. The number of nitrogens with one attached hydrogen (secondary N) is 1. The molecule has 2 aromatic carbocycles. The van der Waals surface area contributed by atoms with Crippen LogP contribution in [0.1, 0.15) is 30.0 Å². The number of benzene rings is 2. The molecule has 0 radical (unpaired) electrons. The minimum absolute atomic E-state index is 0.0517. The van der Waals surface area contributed by atoms with Gasteiger partial charge in [0.2, 0.25) is 0 Å². The smallest absolute Gasteiger partial charge is 0.323 e. The molecule has 1 N–H and O–H groups in total. The van der Waals surface area contributed by atoms with Crippen molar-refractivity contribution >= 4 is 22.6 Å². The molecule has 5 nitrogen and oxygen atoms in total. The molecular weight excluding hydrogens is 374 g/mol. The summed E-state index contributed by atoms with van der Waals surface area (Å²) in [6.45, 7) is 1.96. The van der Waals surface area contributed by atoms with Crippen LogP contribution in [0.2, 0.25) is 0 Å². The van der Waals surface area contributed by atoms with Crippen LogP contribution in [-0.4, -0.2) is 33.9 Å². The molecule has 0 aromatic heterocycles. The van der Waals surface area contributed by atoms with Crippen LogP contribution in [0.4, 0.5) is 0 Å². The first-order valence-electron chi connectivity index (χ1n) is 9.40. The number of ketones is 1. The van der Waals surface area contributed by atoms with Gasteiger partial charge in [-0.2, -0.15) is 0 Å². The number of methoxy groups -OCH3 is 1. The van der Waals surface area contributed by atoms with Crippen molar-refractivity contribution < 1.29 is 18.5 Å². The Morgan fingerprint density at radius 3 is 2.46 bits per heavy atom. The van der Waals surface area contributed by atoms with Gasteiger partial charge in [-0.1, -0.05) is 48.0 Å². The van der Waals surface area contributed by atoms with Gasteiger partial charge in [0, 0.05) is 17.2 Å². The number of esters is 1. The van der Waals surface area contributed by atoms with Gasteiger partial charge in [-0.05, 0) is 31.0 Å². The molecule has 146 valence electrons. The van der Waals surface area contributed by atoms with E-state index in [2.05, 4.69) is 5.32 Å². The molecule has 0 spiro atoms. The monoisotopic (exact) mass is 397 g/mol. The largest absolute Gasteiger partial charge is 0.468 e. The summed E-state index contributed by atoms with van der Waals surface area (Å²) < 4.78 is 17.7. The molecule has 1 heterocycles. The quantitative estimate of drug-likeness (QED) is 0.803. The molecule has 4 rings (SSSR count). The number of carbonyl (C=O) groups is 2. The third kappa shape index (κ3) is 2.74. The lowest BCUT2D eigenvalue weighted by Crippen LogP contribution is -2.48. The van der Waals surface area contributed by atoms with Crippen LogP contribution in [-0.2, 0) is 25.1 Å². The highest BCUT2D eigenvalue weighted by molar-refractivity contribution is 7.87. The average Bonchev–Trinajstić information content (AvgIpc) is 3.24. The number of fused-ring (bicyclic) bond motifs is 1. The Morgan fingerprint density at radius 1 is 1.14 bits per heavy atom. The van der Waals surface area contributed by atoms with Crippen LogP contribution in [0.25, 0.3) is 0 Å². The Kier molecular flexibility index (Phi) is 4.93. The highest BCUT2D eigenvalue weighted by Gasteiger charge is 2.67. The molecule has 1 saturated heterocycles. The van der Waals surface area contributed by atoms with E-state index in [0.29, 0.717) is 17.7 Å². The van der Waals surface area contributed by atoms with Gasteiger partial charge in [-0.3, -0.25) is 19.1 Å². The van der Waals surface area contributed by atoms with Gasteiger partial charge in [-0.25, -0.2) is 0 Å². The predicted molar refractivity (Wildman–Crippen MR) is 106 cm³/mol. The Labute approximate surface area is 166 Å². The maximum absolute atomic E-state index is 13.9. The van der Waals surface area contributed by atoms with Crippen molar-refractivity contribution in [2.24, 2.45) is 5.92 Å². The number of Topliss-reactive ketones (excluding diaryl/α,β-unsaturated/α-hetero) is 1. The Hall–Kier alpha value is -2.31. The van der Waals surface area contributed by atoms with Crippen LogP contribution < -0.4 is 5.32 Å². The summed E-state index contributed by atoms with van der Waals surface area (Å²) in [4.78, 5) is 26.4. The molecule has 1 aliphatic carbocycles. The fourth-order valence-electron chi connectivity index (χ4n) is 4.67. The summed E-state index contributed by atoms with van der Waals surface area (Å²) in [5.41, 5.74) is 1.92. The minimum atomic E-state index is -1.61. The second-order valence-corrected chi connectivity index (χ2v) is 9.14. The molecule has 28 heavy (non-hydrogen) atoms. The summed E-state index contributed by atoms with van der Waals surface area (Å²) in [7, 11) is -0.270. The van der Waals surface area contributed by atoms with Gasteiger partial charge in [0.05, 0.1) is 24.0 Å². The van der Waals surface area contributed by atoms with Gasteiger partial charge >= 0.3 is 5.97 Å². The second-order valence-electron chi connectivity index (χ2n) is 7.45. The number of rotatable bonds is 4. The summed E-state index contributed by atoms with van der Waals surface area (Å²) >= 11 is 0. The Balaban J connectivity index is 1.89. The maximum atomic E-state index is 13.9. The number of carbonyl (C=O) groups excluding carboxylic acids is 2. The third-order valence-electron chi connectivity index (χ3n) is 5.98. The highest BCUT2D eigenvalue weighted by Crippen LogP contribution is 2.54. The standard InChI is InChI=1S/C22H23NO4S/c1-14-8-10-16(11-9-14)28(26)22-17(12-13-18(22)24)19(21(25)27-2)23-20(22)15-6-4-3-5-7-15/h3-11,17,19-20,23H,12-13H2,1-2H3/t17-,19-,20-,22-,28?/m1/s1. The van der Waals surface area contributed by atoms with E-state index in [1.165, 1.54) is 7.11 Å². The van der Waals surface area contributed by atoms with Crippen LogP contribution >= 0.6 is 0 Å². The Bertz CT molecular complexity index is 927. The van der Waals surface area contributed by atoms with E-state index in [1.54, 1.807) is 0 Å². The average molecular weight is 397 g/mol. The first-order valence-corrected chi connectivity index (χ1v) is 10.6. The van der Waals surface area contributed by atoms with Crippen molar-refractivity contribution in [1.82, 2.24) is 5.32 Å². The zero-order chi connectivity index (χ0) is 19.9. The summed E-state index contributed by atoms with van der Waals surface area (Å²) in [6, 6.07) is 15.8. The Morgan fingerprint density at radius 2 is 1.82 bits per heavy atom. The van der Waals surface area contributed by atoms with E-state index in [1.807, 2.05) is 61.5 Å².